The molecule has 0 saturated heterocycles. The van der Waals surface area contributed by atoms with Crippen molar-refractivity contribution in [2.75, 3.05) is 11.5 Å². The van der Waals surface area contributed by atoms with Gasteiger partial charge in [-0.15, -0.1) is 0 Å². The zero-order valence-electron chi connectivity index (χ0n) is 5.44. The van der Waals surface area contributed by atoms with Crippen LogP contribution in [0, 0.1) is 4.78 Å². The van der Waals surface area contributed by atoms with Crippen molar-refractivity contribution in [1.29, 1.82) is 4.78 Å². The van der Waals surface area contributed by atoms with E-state index in [0.29, 0.717) is 11.5 Å². The zero-order valence-corrected chi connectivity index (χ0v) is 6.25. The Bertz CT molecular complexity index is 137. The lowest BCUT2D eigenvalue weighted by atomic mass is 10.6. The average Bonchev–Trinajstić information content (AvgIpc) is 1.67. The topological polar surface area (TPSA) is 40.9 Å². The molecule has 0 fully saturated rings. The van der Waals surface area contributed by atoms with Gasteiger partial charge in [0.25, 0.3) is 0 Å². The van der Waals surface area contributed by atoms with Crippen LogP contribution in [0.3, 0.4) is 0 Å². The van der Waals surface area contributed by atoms with E-state index in [1.165, 1.54) is 0 Å². The summed E-state index contributed by atoms with van der Waals surface area (Å²) in [6.07, 6.45) is 0.857. The number of hydrogen-bond acceptors (Lipinski definition) is 2. The molecule has 0 aliphatic carbocycles. The van der Waals surface area contributed by atoms with E-state index in [1.54, 1.807) is 6.92 Å². The average molecular weight is 135 g/mol. The predicted molar refractivity (Wildman–Crippen MR) is 36.6 cm³/mol. The third-order valence-electron chi connectivity index (χ3n) is 1.00. The van der Waals surface area contributed by atoms with E-state index >= 15 is 0 Å². The lowest BCUT2D eigenvalue weighted by Crippen LogP contribution is -2.04. The lowest BCUT2D eigenvalue weighted by Gasteiger charge is -1.98. The highest BCUT2D eigenvalue weighted by Gasteiger charge is 1.97. The van der Waals surface area contributed by atoms with Gasteiger partial charge in [0.2, 0.25) is 0 Å². The van der Waals surface area contributed by atoms with E-state index in [0.717, 1.165) is 6.42 Å². The highest BCUT2D eigenvalue weighted by Crippen LogP contribution is 1.92. The molecule has 0 spiro atoms. The lowest BCUT2D eigenvalue weighted by molar-refractivity contribution is 0.674. The van der Waals surface area contributed by atoms with Crippen molar-refractivity contribution in [2.45, 2.75) is 20.3 Å². The summed E-state index contributed by atoms with van der Waals surface area (Å²) < 4.78 is 17.9. The molecule has 0 heterocycles. The smallest absolute Gasteiger partial charge is 0.0438 e. The van der Waals surface area contributed by atoms with E-state index in [2.05, 4.69) is 0 Å². The van der Waals surface area contributed by atoms with E-state index in [4.69, 9.17) is 4.78 Å². The second kappa shape index (κ2) is 3.07. The first-order chi connectivity index (χ1) is 3.62. The fraction of sp³-hybridized carbons (Fsp3) is 1.00. The molecule has 0 aliphatic heterocycles. The van der Waals surface area contributed by atoms with Crippen LogP contribution in [0.2, 0.25) is 0 Å². The van der Waals surface area contributed by atoms with E-state index in [1.807, 2.05) is 6.92 Å². The minimum absolute atomic E-state index is 0.501. The molecule has 0 radical (unpaired) electrons. The monoisotopic (exact) mass is 135 g/mol. The van der Waals surface area contributed by atoms with Crippen LogP contribution in [0.15, 0.2) is 0 Å². The Labute approximate surface area is 51.3 Å². The first-order valence-electron chi connectivity index (χ1n) is 2.86. The van der Waals surface area contributed by atoms with Crippen LogP contribution in [-0.4, -0.2) is 15.7 Å². The third-order valence-corrected chi connectivity index (χ3v) is 3.00. The SMILES string of the molecule is CCC[S@@](=N)(=O)CC. The molecule has 0 bridgehead atoms. The van der Waals surface area contributed by atoms with Gasteiger partial charge in [0.15, 0.2) is 0 Å². The van der Waals surface area contributed by atoms with Crippen LogP contribution in [0.5, 0.6) is 0 Å². The molecule has 50 valence electrons. The van der Waals surface area contributed by atoms with Gasteiger partial charge in [-0.1, -0.05) is 13.8 Å². The largest absolute Gasteiger partial charge is 0.253 e. The molecule has 0 rings (SSSR count). The van der Waals surface area contributed by atoms with Crippen molar-refractivity contribution >= 4 is 9.73 Å². The van der Waals surface area contributed by atoms with Crippen LogP contribution in [0.1, 0.15) is 20.3 Å². The highest BCUT2D eigenvalue weighted by molar-refractivity contribution is 7.92. The molecule has 1 N–H and O–H groups in total. The van der Waals surface area contributed by atoms with Crippen LogP contribution in [0.4, 0.5) is 0 Å². The summed E-state index contributed by atoms with van der Waals surface area (Å²) >= 11 is 0. The van der Waals surface area contributed by atoms with Crippen molar-refractivity contribution in [3.8, 4) is 0 Å². The van der Waals surface area contributed by atoms with Crippen molar-refractivity contribution in [3.05, 3.63) is 0 Å². The standard InChI is InChI=1S/C5H13NOS/c1-3-5-8(6,7)4-2/h6H,3-5H2,1-2H3/t8-/m0/s1. The van der Waals surface area contributed by atoms with E-state index in [9.17, 15) is 4.21 Å². The Kier molecular flexibility index (Phi) is 3.05. The maximum atomic E-state index is 10.8. The van der Waals surface area contributed by atoms with Gasteiger partial charge in [-0.3, -0.25) is 4.78 Å². The Morgan fingerprint density at radius 3 is 2.12 bits per heavy atom. The molecule has 2 nitrogen and oxygen atoms in total. The van der Waals surface area contributed by atoms with Gasteiger partial charge >= 0.3 is 0 Å². The summed E-state index contributed by atoms with van der Waals surface area (Å²) in [4.78, 5) is 0. The quantitative estimate of drug-likeness (QED) is 0.625. The van der Waals surface area contributed by atoms with Crippen molar-refractivity contribution in [3.63, 3.8) is 0 Å². The van der Waals surface area contributed by atoms with Gasteiger partial charge in [-0.05, 0) is 6.42 Å². The summed E-state index contributed by atoms with van der Waals surface area (Å²) in [7, 11) is -2.17. The highest BCUT2D eigenvalue weighted by atomic mass is 32.2. The zero-order chi connectivity index (χ0) is 6.62. The molecular formula is C5H13NOS. The maximum absolute atomic E-state index is 10.8. The summed E-state index contributed by atoms with van der Waals surface area (Å²) in [6, 6.07) is 0. The van der Waals surface area contributed by atoms with E-state index < -0.39 is 9.73 Å². The fourth-order valence-corrected chi connectivity index (χ4v) is 1.42. The van der Waals surface area contributed by atoms with E-state index in [-0.39, 0.29) is 0 Å². The maximum Gasteiger partial charge on any atom is 0.0438 e. The number of hydrogen-bond donors (Lipinski definition) is 1. The van der Waals surface area contributed by atoms with Crippen LogP contribution >= 0.6 is 0 Å². The Balaban J connectivity index is 3.76. The molecule has 0 aromatic heterocycles. The van der Waals surface area contributed by atoms with Crippen LogP contribution < -0.4 is 0 Å². The third kappa shape index (κ3) is 3.02. The molecule has 3 heteroatoms. The Morgan fingerprint density at radius 1 is 1.50 bits per heavy atom. The summed E-state index contributed by atoms with van der Waals surface area (Å²) in [5.74, 6) is 1.06. The first kappa shape index (κ1) is 7.95. The molecule has 0 saturated carbocycles. The Hall–Kier alpha value is -0.0500. The van der Waals surface area contributed by atoms with Crippen LogP contribution in [-0.2, 0) is 9.73 Å². The number of rotatable bonds is 3. The molecule has 1 atom stereocenters. The molecule has 0 unspecified atom stereocenters. The molecule has 0 aromatic carbocycles. The first-order valence-corrected chi connectivity index (χ1v) is 4.76. The molecule has 0 aliphatic rings. The minimum atomic E-state index is -2.17. The molecule has 8 heavy (non-hydrogen) atoms. The van der Waals surface area contributed by atoms with Gasteiger partial charge in [-0.25, -0.2) is 4.21 Å². The van der Waals surface area contributed by atoms with Crippen molar-refractivity contribution in [2.24, 2.45) is 0 Å². The normalized spacial score (nSPS) is 17.8. The van der Waals surface area contributed by atoms with Gasteiger partial charge in [0, 0.05) is 21.2 Å². The molecule has 0 amide bonds. The van der Waals surface area contributed by atoms with Gasteiger partial charge < -0.3 is 0 Å². The van der Waals surface area contributed by atoms with Gasteiger partial charge in [0.05, 0.1) is 0 Å². The fourth-order valence-electron chi connectivity index (χ4n) is 0.474. The second-order valence-corrected chi connectivity index (χ2v) is 4.41. The van der Waals surface area contributed by atoms with Crippen LogP contribution in [0.25, 0.3) is 0 Å². The van der Waals surface area contributed by atoms with Gasteiger partial charge in [-0.2, -0.15) is 0 Å². The molecular weight excluding hydrogens is 122 g/mol. The second-order valence-electron chi connectivity index (χ2n) is 1.80. The summed E-state index contributed by atoms with van der Waals surface area (Å²) in [5.41, 5.74) is 0. The predicted octanol–water partition coefficient (Wildman–Crippen LogP) is 1.46. The van der Waals surface area contributed by atoms with Gasteiger partial charge in [0.1, 0.15) is 0 Å². The minimum Gasteiger partial charge on any atom is -0.253 e. The Morgan fingerprint density at radius 2 is 2.00 bits per heavy atom. The van der Waals surface area contributed by atoms with Crippen molar-refractivity contribution in [1.82, 2.24) is 0 Å². The van der Waals surface area contributed by atoms with Crippen molar-refractivity contribution < 1.29 is 4.21 Å². The molecule has 0 aromatic rings. The summed E-state index contributed by atoms with van der Waals surface area (Å²) in [6.45, 7) is 3.74. The number of nitrogens with one attached hydrogen (secondary N) is 1. The summed E-state index contributed by atoms with van der Waals surface area (Å²) in [5, 5.41) is 0.